The second-order valence-corrected chi connectivity index (χ2v) is 28.1. The predicted octanol–water partition coefficient (Wildman–Crippen LogP) is 19.3. The van der Waals surface area contributed by atoms with E-state index in [2.05, 4.69) is 295 Å². The molecule has 80 heavy (non-hydrogen) atoms. The molecule has 0 fully saturated rings. The fourth-order valence-electron chi connectivity index (χ4n) is 13.5. The molecule has 5 heteroatoms. The van der Waals surface area contributed by atoms with E-state index in [0.717, 1.165) is 44.7 Å². The third-order valence-electron chi connectivity index (χ3n) is 18.1. The second-order valence-electron chi connectivity index (χ2n) is 28.1. The summed E-state index contributed by atoms with van der Waals surface area (Å²) in [6.45, 7) is 37.3. The van der Waals surface area contributed by atoms with Gasteiger partial charge in [-0.3, -0.25) is 0 Å². The van der Waals surface area contributed by atoms with Gasteiger partial charge in [-0.05, 0) is 180 Å². The van der Waals surface area contributed by atoms with Crippen LogP contribution in [0.15, 0.2) is 174 Å². The number of para-hydroxylation sites is 1. The average Bonchev–Trinajstić information content (AvgIpc) is 4.03. The highest BCUT2D eigenvalue weighted by molar-refractivity contribution is 7.00. The minimum Gasteiger partial charge on any atom is -0.456 e. The van der Waals surface area contributed by atoms with Gasteiger partial charge in [0, 0.05) is 67.8 Å². The summed E-state index contributed by atoms with van der Waals surface area (Å²) in [6, 6.07) is 65.5. The van der Waals surface area contributed by atoms with Crippen molar-refractivity contribution in [3.8, 4) is 11.1 Å². The summed E-state index contributed by atoms with van der Waals surface area (Å²) < 4.78 is 6.79. The minimum absolute atomic E-state index is 0.000360. The lowest BCUT2D eigenvalue weighted by atomic mass is 9.33. The Morgan fingerprint density at radius 2 is 0.963 bits per heavy atom. The van der Waals surface area contributed by atoms with E-state index in [-0.39, 0.29) is 33.8 Å². The number of anilines is 9. The highest BCUT2D eigenvalue weighted by Gasteiger charge is 2.46. The SMILES string of the molecule is Cc1cc(C(C)(C)C)cc(C)c1N(c1ccc(C(C)(C)C)cc1)c1ccc2c(c1)N(c1ccc3c(c1)oc1ccccc13)c1cc(C(C)(C)C)cc3c1B2c1cc(C(C)(C)C)ccc1N3c1ccc2c(c1)C(C)(C)c1ccccc1-2. The average molecular weight is 1050 g/mol. The Morgan fingerprint density at radius 1 is 0.412 bits per heavy atom. The number of benzene rings is 9. The molecular weight excluding hydrogens is 970 g/mol. The Bertz CT molecular complexity index is 4160. The summed E-state index contributed by atoms with van der Waals surface area (Å²) in [6.07, 6.45) is 0. The van der Waals surface area contributed by atoms with Gasteiger partial charge in [-0.2, -0.15) is 0 Å². The summed E-state index contributed by atoms with van der Waals surface area (Å²) in [5.41, 5.74) is 28.9. The summed E-state index contributed by atoms with van der Waals surface area (Å²) in [5.74, 6) is 0. The number of hydrogen-bond donors (Lipinski definition) is 0. The first-order chi connectivity index (χ1) is 37.8. The molecule has 1 aromatic heterocycles. The topological polar surface area (TPSA) is 22.9 Å². The van der Waals surface area contributed by atoms with Crippen LogP contribution in [-0.2, 0) is 27.1 Å². The molecule has 3 heterocycles. The van der Waals surface area contributed by atoms with E-state index in [9.17, 15) is 0 Å². The summed E-state index contributed by atoms with van der Waals surface area (Å²) in [5, 5.41) is 2.24. The van der Waals surface area contributed by atoms with Gasteiger partial charge in [0.25, 0.3) is 6.71 Å². The van der Waals surface area contributed by atoms with Gasteiger partial charge in [-0.1, -0.05) is 188 Å². The molecule has 0 unspecified atom stereocenters. The first kappa shape index (κ1) is 51.7. The Balaban J connectivity index is 1.12. The van der Waals surface area contributed by atoms with Crippen molar-refractivity contribution in [2.45, 2.75) is 138 Å². The highest BCUT2D eigenvalue weighted by Crippen LogP contribution is 2.53. The molecule has 1 aliphatic carbocycles. The van der Waals surface area contributed by atoms with Crippen LogP contribution in [0.25, 0.3) is 33.1 Å². The lowest BCUT2D eigenvalue weighted by molar-refractivity contribution is 0.589. The van der Waals surface area contributed by atoms with Crippen molar-refractivity contribution in [2.75, 3.05) is 14.7 Å². The van der Waals surface area contributed by atoms with Crippen molar-refractivity contribution >= 4 is 96.2 Å². The van der Waals surface area contributed by atoms with Crippen LogP contribution in [0.4, 0.5) is 51.2 Å². The lowest BCUT2D eigenvalue weighted by Crippen LogP contribution is -2.61. The Hall–Kier alpha value is -7.76. The van der Waals surface area contributed by atoms with E-state index >= 15 is 0 Å². The lowest BCUT2D eigenvalue weighted by Gasteiger charge is -2.46. The Labute approximate surface area is 476 Å². The molecule has 0 N–H and O–H groups in total. The standard InChI is InChI=1S/C75H76BN3O/c1-45-37-49(73(9,10)11)38-46(2)70(45)77(51-28-25-47(26-29-51)71(3,4)5)53-32-35-61-64(43-53)79(54-31-34-58-57-22-18-20-24-67(57)80-68(58)44-54)66-41-50(74(12,13)14)40-65-69(66)76(61)62-39-48(72(6,7)8)27-36-63(62)78(65)52-30-33-56-55-21-17-19-23-59(55)75(15,16)60(56)42-52/h17-44H,1-16H3. The van der Waals surface area contributed by atoms with E-state index in [1.165, 1.54) is 100 Å². The molecule has 9 aromatic carbocycles. The van der Waals surface area contributed by atoms with Crippen LogP contribution in [0.3, 0.4) is 0 Å². The zero-order valence-electron chi connectivity index (χ0n) is 50.0. The van der Waals surface area contributed by atoms with Crippen molar-refractivity contribution in [1.29, 1.82) is 0 Å². The van der Waals surface area contributed by atoms with Crippen LogP contribution in [0.1, 0.15) is 141 Å². The quantitative estimate of drug-likeness (QED) is 0.160. The van der Waals surface area contributed by atoms with Crippen LogP contribution >= 0.6 is 0 Å². The van der Waals surface area contributed by atoms with E-state index in [0.29, 0.717) is 0 Å². The van der Waals surface area contributed by atoms with E-state index in [4.69, 9.17) is 4.42 Å². The first-order valence-electron chi connectivity index (χ1n) is 29.0. The van der Waals surface area contributed by atoms with Crippen LogP contribution in [0, 0.1) is 13.8 Å². The molecule has 0 spiro atoms. The molecule has 0 radical (unpaired) electrons. The molecule has 0 bridgehead atoms. The van der Waals surface area contributed by atoms with Crippen LogP contribution in [0.2, 0.25) is 0 Å². The van der Waals surface area contributed by atoms with Crippen LogP contribution < -0.4 is 31.1 Å². The largest absolute Gasteiger partial charge is 0.456 e. The van der Waals surface area contributed by atoms with Crippen molar-refractivity contribution in [1.82, 2.24) is 0 Å². The van der Waals surface area contributed by atoms with E-state index in [1.54, 1.807) is 0 Å². The highest BCUT2D eigenvalue weighted by atomic mass is 16.3. The van der Waals surface area contributed by atoms with Gasteiger partial charge < -0.3 is 19.1 Å². The molecule has 13 rings (SSSR count). The smallest absolute Gasteiger partial charge is 0.252 e. The second kappa shape index (κ2) is 17.6. The molecule has 10 aromatic rings. The van der Waals surface area contributed by atoms with Gasteiger partial charge in [0.15, 0.2) is 0 Å². The number of nitrogens with zero attached hydrogens (tertiary/aromatic N) is 3. The molecule has 0 amide bonds. The zero-order chi connectivity index (χ0) is 56.3. The maximum absolute atomic E-state index is 6.79. The molecule has 400 valence electrons. The normalized spacial score (nSPS) is 14.5. The fraction of sp³-hybridized carbons (Fsp3) is 0.280. The summed E-state index contributed by atoms with van der Waals surface area (Å²) in [7, 11) is 0. The van der Waals surface area contributed by atoms with Gasteiger partial charge in [0.2, 0.25) is 0 Å². The van der Waals surface area contributed by atoms with Gasteiger partial charge in [-0.15, -0.1) is 0 Å². The molecule has 0 saturated heterocycles. The number of hydrogen-bond acceptors (Lipinski definition) is 4. The van der Waals surface area contributed by atoms with Crippen molar-refractivity contribution < 1.29 is 4.42 Å². The predicted molar refractivity (Wildman–Crippen MR) is 344 cm³/mol. The molecule has 0 atom stereocenters. The molecule has 3 aliphatic rings. The first-order valence-corrected chi connectivity index (χ1v) is 29.0. The third kappa shape index (κ3) is 8.07. The Morgan fingerprint density at radius 3 is 1.64 bits per heavy atom. The fourth-order valence-corrected chi connectivity index (χ4v) is 13.5. The molecule has 2 aliphatic heterocycles. The van der Waals surface area contributed by atoms with Crippen molar-refractivity contribution in [3.63, 3.8) is 0 Å². The number of fused-ring (bicyclic) bond motifs is 10. The number of furan rings is 1. The Kier molecular flexibility index (Phi) is 11.4. The molecule has 4 nitrogen and oxygen atoms in total. The van der Waals surface area contributed by atoms with Crippen molar-refractivity contribution in [2.24, 2.45) is 0 Å². The minimum atomic E-state index is -0.189. The summed E-state index contributed by atoms with van der Waals surface area (Å²) in [4.78, 5) is 7.72. The van der Waals surface area contributed by atoms with E-state index < -0.39 is 0 Å². The number of rotatable bonds is 5. The molecular formula is C75H76BN3O. The van der Waals surface area contributed by atoms with E-state index in [1.807, 2.05) is 0 Å². The third-order valence-corrected chi connectivity index (χ3v) is 18.1. The van der Waals surface area contributed by atoms with Gasteiger partial charge >= 0.3 is 0 Å². The van der Waals surface area contributed by atoms with Crippen LogP contribution in [-0.4, -0.2) is 6.71 Å². The number of aryl methyl sites for hydroxylation is 2. The van der Waals surface area contributed by atoms with Crippen molar-refractivity contribution in [3.05, 3.63) is 214 Å². The summed E-state index contributed by atoms with van der Waals surface area (Å²) >= 11 is 0. The maximum atomic E-state index is 6.79. The monoisotopic (exact) mass is 1050 g/mol. The van der Waals surface area contributed by atoms with Gasteiger partial charge in [0.05, 0.1) is 5.69 Å². The maximum Gasteiger partial charge on any atom is 0.252 e. The van der Waals surface area contributed by atoms with Gasteiger partial charge in [0.1, 0.15) is 11.2 Å². The van der Waals surface area contributed by atoms with Gasteiger partial charge in [-0.25, -0.2) is 0 Å². The van der Waals surface area contributed by atoms with Crippen LogP contribution in [0.5, 0.6) is 0 Å². The zero-order valence-corrected chi connectivity index (χ0v) is 50.0. The molecule has 0 saturated carbocycles.